The van der Waals surface area contributed by atoms with Gasteiger partial charge in [0.25, 0.3) is 5.91 Å². The maximum Gasteiger partial charge on any atom is 0.409 e. The summed E-state index contributed by atoms with van der Waals surface area (Å²) < 4.78 is 5.01. The van der Waals surface area contributed by atoms with Crippen LogP contribution in [0.25, 0.3) is 0 Å². The van der Waals surface area contributed by atoms with Crippen LogP contribution >= 0.6 is 11.6 Å². The Morgan fingerprint density at radius 3 is 2.56 bits per heavy atom. The smallest absolute Gasteiger partial charge is 0.409 e. The SMILES string of the molecule is CCOC(=O)N1CCN(c2ccc(C(=O)Nc3cccc(Cl)c3)nn2)CC1. The third-order valence-corrected chi connectivity index (χ3v) is 4.33. The summed E-state index contributed by atoms with van der Waals surface area (Å²) in [5, 5.41) is 11.4. The number of hydrogen-bond donors (Lipinski definition) is 1. The molecule has 0 spiro atoms. The minimum Gasteiger partial charge on any atom is -0.450 e. The normalized spacial score (nSPS) is 14.0. The van der Waals surface area contributed by atoms with Gasteiger partial charge in [-0.15, -0.1) is 10.2 Å². The van der Waals surface area contributed by atoms with Crippen molar-refractivity contribution in [3.05, 3.63) is 47.1 Å². The van der Waals surface area contributed by atoms with Crippen molar-refractivity contribution in [3.8, 4) is 0 Å². The Bertz CT molecular complexity index is 807. The lowest BCUT2D eigenvalue weighted by Gasteiger charge is -2.34. The highest BCUT2D eigenvalue weighted by atomic mass is 35.5. The lowest BCUT2D eigenvalue weighted by molar-refractivity contribution is 0.101. The van der Waals surface area contributed by atoms with Crippen LogP contribution in [0, 0.1) is 0 Å². The highest BCUT2D eigenvalue weighted by Crippen LogP contribution is 2.17. The largest absolute Gasteiger partial charge is 0.450 e. The molecule has 0 unspecified atom stereocenters. The molecular weight excluding hydrogens is 370 g/mol. The fraction of sp³-hybridized carbons (Fsp3) is 0.333. The van der Waals surface area contributed by atoms with Crippen LogP contribution in [0.2, 0.25) is 5.02 Å². The van der Waals surface area contributed by atoms with Gasteiger partial charge in [-0.3, -0.25) is 4.79 Å². The number of rotatable bonds is 4. The summed E-state index contributed by atoms with van der Waals surface area (Å²) in [6.45, 7) is 4.51. The maximum atomic E-state index is 12.3. The summed E-state index contributed by atoms with van der Waals surface area (Å²) in [6.07, 6.45) is -0.295. The third kappa shape index (κ3) is 4.85. The van der Waals surface area contributed by atoms with Gasteiger partial charge in [-0.05, 0) is 37.3 Å². The summed E-state index contributed by atoms with van der Waals surface area (Å²) >= 11 is 5.91. The molecule has 2 aromatic rings. The number of carbonyl (C=O) groups excluding carboxylic acids is 2. The van der Waals surface area contributed by atoms with E-state index in [0.29, 0.717) is 49.3 Å². The molecule has 0 aliphatic carbocycles. The molecule has 2 heterocycles. The third-order valence-electron chi connectivity index (χ3n) is 4.10. The highest BCUT2D eigenvalue weighted by molar-refractivity contribution is 6.30. The minimum absolute atomic E-state index is 0.212. The number of benzene rings is 1. The number of ether oxygens (including phenoxy) is 1. The Kier molecular flexibility index (Phi) is 6.08. The van der Waals surface area contributed by atoms with Gasteiger partial charge in [-0.25, -0.2) is 4.79 Å². The van der Waals surface area contributed by atoms with E-state index in [4.69, 9.17) is 16.3 Å². The molecule has 2 amide bonds. The van der Waals surface area contributed by atoms with Gasteiger partial charge in [0.2, 0.25) is 0 Å². The number of piperazine rings is 1. The van der Waals surface area contributed by atoms with Crippen molar-refractivity contribution in [1.29, 1.82) is 0 Å². The van der Waals surface area contributed by atoms with Crippen molar-refractivity contribution in [2.24, 2.45) is 0 Å². The number of anilines is 2. The maximum absolute atomic E-state index is 12.3. The molecule has 0 radical (unpaired) electrons. The molecule has 1 aromatic heterocycles. The first-order valence-electron chi connectivity index (χ1n) is 8.64. The first-order chi connectivity index (χ1) is 13.1. The molecule has 0 saturated carbocycles. The monoisotopic (exact) mass is 389 g/mol. The van der Waals surface area contributed by atoms with Crippen molar-refractivity contribution in [3.63, 3.8) is 0 Å². The zero-order valence-corrected chi connectivity index (χ0v) is 15.6. The second-order valence-electron chi connectivity index (χ2n) is 5.91. The van der Waals surface area contributed by atoms with E-state index in [1.165, 1.54) is 0 Å². The van der Waals surface area contributed by atoms with E-state index in [-0.39, 0.29) is 17.7 Å². The Labute approximate surface area is 162 Å². The van der Waals surface area contributed by atoms with Crippen molar-refractivity contribution in [1.82, 2.24) is 15.1 Å². The molecule has 0 atom stereocenters. The van der Waals surface area contributed by atoms with E-state index in [9.17, 15) is 9.59 Å². The molecule has 3 rings (SSSR count). The molecule has 1 aliphatic rings. The summed E-state index contributed by atoms with van der Waals surface area (Å²) in [7, 11) is 0. The second kappa shape index (κ2) is 8.68. The lowest BCUT2D eigenvalue weighted by Crippen LogP contribution is -2.49. The molecule has 1 aliphatic heterocycles. The fourth-order valence-corrected chi connectivity index (χ4v) is 2.90. The Balaban J connectivity index is 1.57. The van der Waals surface area contributed by atoms with Crippen LogP contribution in [0.15, 0.2) is 36.4 Å². The van der Waals surface area contributed by atoms with Crippen molar-refractivity contribution >= 4 is 35.1 Å². The first-order valence-corrected chi connectivity index (χ1v) is 9.02. The standard InChI is InChI=1S/C18H20ClN5O3/c1-2-27-18(26)24-10-8-23(9-11-24)16-7-6-15(21-22-16)17(25)20-14-5-3-4-13(19)12-14/h3-7,12H,2,8-11H2,1H3,(H,20,25). The highest BCUT2D eigenvalue weighted by Gasteiger charge is 2.23. The van der Waals surface area contributed by atoms with E-state index in [1.807, 2.05) is 4.90 Å². The number of halogens is 1. The summed E-state index contributed by atoms with van der Waals surface area (Å²) in [5.41, 5.74) is 0.803. The van der Waals surface area contributed by atoms with Gasteiger partial charge in [-0.2, -0.15) is 0 Å². The van der Waals surface area contributed by atoms with E-state index < -0.39 is 0 Å². The molecule has 8 nitrogen and oxygen atoms in total. The molecule has 9 heteroatoms. The van der Waals surface area contributed by atoms with E-state index in [2.05, 4.69) is 15.5 Å². The zero-order chi connectivity index (χ0) is 19.2. The van der Waals surface area contributed by atoms with E-state index >= 15 is 0 Å². The molecule has 142 valence electrons. The molecule has 1 N–H and O–H groups in total. The fourth-order valence-electron chi connectivity index (χ4n) is 2.71. The predicted molar refractivity (Wildman–Crippen MR) is 102 cm³/mol. The van der Waals surface area contributed by atoms with Crippen molar-refractivity contribution < 1.29 is 14.3 Å². The van der Waals surface area contributed by atoms with Crippen LogP contribution in [0.3, 0.4) is 0 Å². The van der Waals surface area contributed by atoms with Gasteiger partial charge >= 0.3 is 6.09 Å². The molecule has 0 bridgehead atoms. The second-order valence-corrected chi connectivity index (χ2v) is 6.35. The van der Waals surface area contributed by atoms with Gasteiger partial charge in [0.05, 0.1) is 6.61 Å². The van der Waals surface area contributed by atoms with Gasteiger partial charge in [0.15, 0.2) is 11.5 Å². The Morgan fingerprint density at radius 1 is 1.15 bits per heavy atom. The summed E-state index contributed by atoms with van der Waals surface area (Å²) in [6, 6.07) is 10.3. The van der Waals surface area contributed by atoms with Gasteiger partial charge in [-0.1, -0.05) is 17.7 Å². The lowest BCUT2D eigenvalue weighted by atomic mass is 10.3. The Morgan fingerprint density at radius 2 is 1.93 bits per heavy atom. The first kappa shape index (κ1) is 18.9. The van der Waals surface area contributed by atoms with Crippen LogP contribution in [-0.2, 0) is 4.74 Å². The minimum atomic E-state index is -0.358. The number of aromatic nitrogens is 2. The van der Waals surface area contributed by atoms with Crippen molar-refractivity contribution in [2.45, 2.75) is 6.92 Å². The summed E-state index contributed by atoms with van der Waals surface area (Å²) in [5.74, 6) is 0.307. The van der Waals surface area contributed by atoms with Crippen LogP contribution < -0.4 is 10.2 Å². The van der Waals surface area contributed by atoms with Gasteiger partial charge < -0.3 is 19.9 Å². The van der Waals surface area contributed by atoms with Crippen LogP contribution in [-0.4, -0.2) is 59.9 Å². The van der Waals surface area contributed by atoms with Crippen LogP contribution in [0.4, 0.5) is 16.3 Å². The topological polar surface area (TPSA) is 87.7 Å². The average Bonchev–Trinajstić information content (AvgIpc) is 2.68. The number of nitrogens with zero attached hydrogens (tertiary/aromatic N) is 4. The van der Waals surface area contributed by atoms with Crippen LogP contribution in [0.5, 0.6) is 0 Å². The average molecular weight is 390 g/mol. The number of nitrogens with one attached hydrogen (secondary N) is 1. The quantitative estimate of drug-likeness (QED) is 0.864. The predicted octanol–water partition coefficient (Wildman–Crippen LogP) is 2.66. The van der Waals surface area contributed by atoms with E-state index in [0.717, 1.165) is 0 Å². The van der Waals surface area contributed by atoms with Gasteiger partial charge in [0, 0.05) is 36.9 Å². The number of hydrogen-bond acceptors (Lipinski definition) is 6. The van der Waals surface area contributed by atoms with Gasteiger partial charge in [0.1, 0.15) is 0 Å². The van der Waals surface area contributed by atoms with Crippen molar-refractivity contribution in [2.75, 3.05) is 43.0 Å². The molecule has 27 heavy (non-hydrogen) atoms. The zero-order valence-electron chi connectivity index (χ0n) is 14.9. The van der Waals surface area contributed by atoms with Crippen LogP contribution in [0.1, 0.15) is 17.4 Å². The number of amides is 2. The number of carbonyl (C=O) groups is 2. The molecule has 1 saturated heterocycles. The molecule has 1 fully saturated rings. The Hall–Kier alpha value is -2.87. The summed E-state index contributed by atoms with van der Waals surface area (Å²) in [4.78, 5) is 27.7. The van der Waals surface area contributed by atoms with E-state index in [1.54, 1.807) is 48.2 Å². The molecule has 1 aromatic carbocycles. The molecular formula is C18H20ClN5O3.